The maximum atomic E-state index is 11.4. The number of ether oxygens (including phenoxy) is 1. The lowest BCUT2D eigenvalue weighted by molar-refractivity contribution is 0.0696. The number of aromatic carboxylic acids is 1. The van der Waals surface area contributed by atoms with Gasteiger partial charge in [0.1, 0.15) is 5.75 Å². The molecular formula is C27H33N3O3. The van der Waals surface area contributed by atoms with Crippen molar-refractivity contribution in [2.24, 2.45) is 5.92 Å². The van der Waals surface area contributed by atoms with Gasteiger partial charge in [-0.05, 0) is 80.5 Å². The van der Waals surface area contributed by atoms with E-state index in [0.29, 0.717) is 11.6 Å². The largest absolute Gasteiger partial charge is 0.496 e. The molecule has 2 fully saturated rings. The number of rotatable bonds is 8. The molecule has 6 nitrogen and oxygen atoms in total. The SMILES string of the molecule is COc1cc(C)c2[nH]ccc2c1CN1CC[C@H](NCC2CC2)C[C@@H]1c1ccc(C(=O)O)cc1. The summed E-state index contributed by atoms with van der Waals surface area (Å²) in [4.78, 5) is 17.3. The molecule has 1 saturated carbocycles. The number of carboxylic acids is 1. The zero-order valence-electron chi connectivity index (χ0n) is 19.4. The number of aromatic amines is 1. The first-order valence-corrected chi connectivity index (χ1v) is 12.0. The maximum Gasteiger partial charge on any atom is 0.335 e. The highest BCUT2D eigenvalue weighted by molar-refractivity contribution is 5.88. The van der Waals surface area contributed by atoms with Gasteiger partial charge in [-0.15, -0.1) is 0 Å². The normalized spacial score (nSPS) is 21.4. The van der Waals surface area contributed by atoms with Crippen LogP contribution < -0.4 is 10.1 Å². The fourth-order valence-corrected chi connectivity index (χ4v) is 5.22. The van der Waals surface area contributed by atoms with E-state index in [2.05, 4.69) is 34.3 Å². The number of hydrogen-bond acceptors (Lipinski definition) is 4. The summed E-state index contributed by atoms with van der Waals surface area (Å²) in [5.41, 5.74) is 5.05. The molecule has 5 rings (SSSR count). The topological polar surface area (TPSA) is 77.6 Å². The van der Waals surface area contributed by atoms with Crippen LogP contribution in [0, 0.1) is 12.8 Å². The van der Waals surface area contributed by atoms with Crippen LogP contribution >= 0.6 is 0 Å². The predicted octanol–water partition coefficient (Wildman–Crippen LogP) is 4.89. The van der Waals surface area contributed by atoms with Crippen LogP contribution in [0.1, 0.15) is 58.8 Å². The Labute approximate surface area is 194 Å². The number of carbonyl (C=O) groups is 1. The number of aromatic nitrogens is 1. The molecule has 0 unspecified atom stereocenters. The molecule has 1 aliphatic heterocycles. The number of hydrogen-bond donors (Lipinski definition) is 3. The minimum absolute atomic E-state index is 0.221. The Morgan fingerprint density at radius 3 is 2.70 bits per heavy atom. The summed E-state index contributed by atoms with van der Waals surface area (Å²) in [6.45, 7) is 5.00. The molecule has 2 aliphatic rings. The van der Waals surface area contributed by atoms with Crippen molar-refractivity contribution in [3.05, 3.63) is 64.8 Å². The van der Waals surface area contributed by atoms with Gasteiger partial charge in [-0.1, -0.05) is 12.1 Å². The van der Waals surface area contributed by atoms with Crippen molar-refractivity contribution in [3.8, 4) is 5.75 Å². The number of aryl methyl sites for hydroxylation is 1. The molecule has 1 saturated heterocycles. The summed E-state index contributed by atoms with van der Waals surface area (Å²) < 4.78 is 5.80. The molecule has 0 bridgehead atoms. The summed E-state index contributed by atoms with van der Waals surface area (Å²) in [5, 5.41) is 14.3. The van der Waals surface area contributed by atoms with E-state index in [1.807, 2.05) is 18.3 Å². The quantitative estimate of drug-likeness (QED) is 0.458. The smallest absolute Gasteiger partial charge is 0.335 e. The van der Waals surface area contributed by atoms with Gasteiger partial charge in [-0.25, -0.2) is 4.79 Å². The Morgan fingerprint density at radius 1 is 1.21 bits per heavy atom. The van der Waals surface area contributed by atoms with Crippen LogP contribution in [-0.4, -0.2) is 47.2 Å². The van der Waals surface area contributed by atoms with Crippen molar-refractivity contribution in [2.75, 3.05) is 20.2 Å². The number of nitrogens with one attached hydrogen (secondary N) is 2. The highest BCUT2D eigenvalue weighted by Gasteiger charge is 2.32. The number of likely N-dealkylation sites (tertiary alicyclic amines) is 1. The summed E-state index contributed by atoms with van der Waals surface area (Å²) in [7, 11) is 1.74. The summed E-state index contributed by atoms with van der Waals surface area (Å²) in [6, 6.07) is 12.4. The van der Waals surface area contributed by atoms with Gasteiger partial charge in [-0.3, -0.25) is 4.90 Å². The average molecular weight is 448 g/mol. The third-order valence-electron chi connectivity index (χ3n) is 7.34. The number of nitrogens with zero attached hydrogens (tertiary/aromatic N) is 1. The molecule has 174 valence electrons. The summed E-state index contributed by atoms with van der Waals surface area (Å²) in [5.74, 6) is 0.897. The second-order valence-electron chi connectivity index (χ2n) is 9.63. The van der Waals surface area contributed by atoms with Crippen molar-refractivity contribution < 1.29 is 14.6 Å². The number of piperidine rings is 1. The van der Waals surface area contributed by atoms with Crippen molar-refractivity contribution in [1.29, 1.82) is 0 Å². The minimum Gasteiger partial charge on any atom is -0.496 e. The first-order valence-electron chi connectivity index (χ1n) is 12.0. The number of benzene rings is 2. The second kappa shape index (κ2) is 9.20. The fraction of sp³-hybridized carbons (Fsp3) is 0.444. The van der Waals surface area contributed by atoms with Crippen molar-refractivity contribution in [1.82, 2.24) is 15.2 Å². The lowest BCUT2D eigenvalue weighted by Crippen LogP contribution is -2.44. The molecule has 33 heavy (non-hydrogen) atoms. The van der Waals surface area contributed by atoms with Crippen molar-refractivity contribution in [3.63, 3.8) is 0 Å². The van der Waals surface area contributed by atoms with Crippen LogP contribution in [0.25, 0.3) is 10.9 Å². The zero-order valence-corrected chi connectivity index (χ0v) is 19.4. The van der Waals surface area contributed by atoms with E-state index in [1.165, 1.54) is 34.9 Å². The molecule has 3 aromatic rings. The second-order valence-corrected chi connectivity index (χ2v) is 9.63. The van der Waals surface area contributed by atoms with E-state index in [9.17, 15) is 9.90 Å². The summed E-state index contributed by atoms with van der Waals surface area (Å²) >= 11 is 0. The van der Waals surface area contributed by atoms with Crippen LogP contribution in [-0.2, 0) is 6.54 Å². The molecule has 2 aromatic carbocycles. The van der Waals surface area contributed by atoms with E-state index in [1.54, 1.807) is 19.2 Å². The van der Waals surface area contributed by atoms with E-state index < -0.39 is 5.97 Å². The van der Waals surface area contributed by atoms with Gasteiger partial charge < -0.3 is 20.1 Å². The third-order valence-corrected chi connectivity index (χ3v) is 7.34. The molecule has 0 spiro atoms. The zero-order chi connectivity index (χ0) is 22.9. The van der Waals surface area contributed by atoms with Crippen LogP contribution in [0.15, 0.2) is 42.6 Å². The molecule has 2 atom stereocenters. The molecule has 6 heteroatoms. The van der Waals surface area contributed by atoms with Gasteiger partial charge >= 0.3 is 5.97 Å². The van der Waals surface area contributed by atoms with Gasteiger partial charge in [0, 0.05) is 47.8 Å². The molecule has 0 amide bonds. The van der Waals surface area contributed by atoms with Crippen molar-refractivity contribution >= 4 is 16.9 Å². The first kappa shape index (κ1) is 22.0. The first-order chi connectivity index (χ1) is 16.0. The number of methoxy groups -OCH3 is 1. The van der Waals surface area contributed by atoms with Gasteiger partial charge in [-0.2, -0.15) is 0 Å². The standard InChI is InChI=1S/C27H33N3O3/c1-17-13-25(33-2)23(22-9-11-28-26(17)22)16-30-12-10-21(29-15-18-3-4-18)14-24(30)19-5-7-20(8-6-19)27(31)32/h5-9,11,13,18,21,24,28-29H,3-4,10,12,14-16H2,1-2H3,(H,31,32)/t21-,24+/m0/s1. The Kier molecular flexibility index (Phi) is 6.13. The Bertz CT molecular complexity index is 1130. The van der Waals surface area contributed by atoms with E-state index >= 15 is 0 Å². The number of H-pyrrole nitrogens is 1. The molecule has 2 heterocycles. The fourth-order valence-electron chi connectivity index (χ4n) is 5.22. The van der Waals surface area contributed by atoms with Crippen molar-refractivity contribution in [2.45, 2.75) is 51.2 Å². The molecule has 0 radical (unpaired) electrons. The molecular weight excluding hydrogens is 414 g/mol. The van der Waals surface area contributed by atoms with E-state index in [4.69, 9.17) is 4.74 Å². The van der Waals surface area contributed by atoms with E-state index in [0.717, 1.165) is 49.7 Å². The van der Waals surface area contributed by atoms with Gasteiger partial charge in [0.05, 0.1) is 12.7 Å². The highest BCUT2D eigenvalue weighted by atomic mass is 16.5. The van der Waals surface area contributed by atoms with Crippen LogP contribution in [0.3, 0.4) is 0 Å². The minimum atomic E-state index is -0.884. The Morgan fingerprint density at radius 2 is 2.00 bits per heavy atom. The number of carboxylic acid groups (broad SMARTS) is 1. The lowest BCUT2D eigenvalue weighted by atomic mass is 9.90. The molecule has 1 aliphatic carbocycles. The third kappa shape index (κ3) is 4.63. The van der Waals surface area contributed by atoms with Crippen LogP contribution in [0.2, 0.25) is 0 Å². The molecule has 3 N–H and O–H groups in total. The van der Waals surface area contributed by atoms with E-state index in [-0.39, 0.29) is 6.04 Å². The van der Waals surface area contributed by atoms with Gasteiger partial charge in [0.15, 0.2) is 0 Å². The highest BCUT2D eigenvalue weighted by Crippen LogP contribution is 2.37. The predicted molar refractivity (Wildman–Crippen MR) is 130 cm³/mol. The van der Waals surface area contributed by atoms with Crippen LogP contribution in [0.5, 0.6) is 5.75 Å². The number of fused-ring (bicyclic) bond motifs is 1. The summed E-state index contributed by atoms with van der Waals surface area (Å²) in [6.07, 6.45) is 6.83. The lowest BCUT2D eigenvalue weighted by Gasteiger charge is -2.40. The van der Waals surface area contributed by atoms with Gasteiger partial charge in [0.2, 0.25) is 0 Å². The maximum absolute atomic E-state index is 11.4. The Balaban J connectivity index is 1.44. The van der Waals surface area contributed by atoms with Crippen LogP contribution in [0.4, 0.5) is 0 Å². The Hall–Kier alpha value is -2.83. The van der Waals surface area contributed by atoms with Gasteiger partial charge in [0.25, 0.3) is 0 Å². The molecule has 1 aromatic heterocycles. The monoisotopic (exact) mass is 447 g/mol. The average Bonchev–Trinajstić information content (AvgIpc) is 3.53.